The van der Waals surface area contributed by atoms with Crippen LogP contribution in [0, 0.1) is 0 Å². The van der Waals surface area contributed by atoms with Crippen LogP contribution in [0.5, 0.6) is 0 Å². The number of aromatic nitrogens is 1. The Bertz CT molecular complexity index is 882. The van der Waals surface area contributed by atoms with E-state index in [1.807, 2.05) is 12.1 Å². The lowest BCUT2D eigenvalue weighted by Gasteiger charge is -2.27. The molecule has 4 N–H and O–H groups in total. The number of amides is 2. The summed E-state index contributed by atoms with van der Waals surface area (Å²) in [6.45, 7) is 0.414. The average molecular weight is 333 g/mol. The highest BCUT2D eigenvalue weighted by atomic mass is 32.2. The molecule has 1 aliphatic rings. The van der Waals surface area contributed by atoms with Gasteiger partial charge in [0.05, 0.1) is 12.2 Å². The number of anilines is 2. The van der Waals surface area contributed by atoms with Crippen LogP contribution in [0.1, 0.15) is 5.56 Å². The minimum Gasteiger partial charge on any atom is -0.323 e. The number of carbonyl (C=O) groups is 1. The number of hydrogen-bond acceptors (Lipinski definition) is 4. The van der Waals surface area contributed by atoms with Gasteiger partial charge in [0.2, 0.25) is 0 Å². The van der Waals surface area contributed by atoms with Crippen LogP contribution in [0.3, 0.4) is 0 Å². The topological polar surface area (TPSA) is 117 Å². The molecule has 0 unspecified atom stereocenters. The van der Waals surface area contributed by atoms with Gasteiger partial charge < -0.3 is 4.90 Å². The highest BCUT2D eigenvalue weighted by Gasteiger charge is 2.23. The summed E-state index contributed by atoms with van der Waals surface area (Å²) in [4.78, 5) is 17.4. The zero-order chi connectivity index (χ0) is 16.6. The number of pyridine rings is 1. The van der Waals surface area contributed by atoms with E-state index in [4.69, 9.17) is 5.14 Å². The molecule has 1 aromatic carbocycles. The number of hydrogen-bond donors (Lipinski definition) is 3. The molecule has 0 radical (unpaired) electrons. The van der Waals surface area contributed by atoms with E-state index in [0.29, 0.717) is 18.1 Å². The maximum atomic E-state index is 11.7. The summed E-state index contributed by atoms with van der Waals surface area (Å²) >= 11 is 0. The van der Waals surface area contributed by atoms with Gasteiger partial charge in [-0.1, -0.05) is 12.1 Å². The molecular formula is C14H15N5O3S. The molecule has 0 fully saturated rings. The van der Waals surface area contributed by atoms with E-state index in [0.717, 1.165) is 16.7 Å². The second-order valence-electron chi connectivity index (χ2n) is 5.20. The fraction of sp³-hybridized carbons (Fsp3) is 0.143. The molecule has 1 aromatic heterocycles. The largest absolute Gasteiger partial charge is 0.323 e. The van der Waals surface area contributed by atoms with E-state index in [1.165, 1.54) is 0 Å². The lowest BCUT2D eigenvalue weighted by atomic mass is 9.99. The minimum atomic E-state index is -3.84. The molecule has 0 atom stereocenters. The highest BCUT2D eigenvalue weighted by Crippen LogP contribution is 2.32. The summed E-state index contributed by atoms with van der Waals surface area (Å²) in [5.74, 6) is 0.510. The number of urea groups is 1. The summed E-state index contributed by atoms with van der Waals surface area (Å²) in [7, 11) is -2.15. The van der Waals surface area contributed by atoms with Gasteiger partial charge in [-0.15, -0.1) is 0 Å². The summed E-state index contributed by atoms with van der Waals surface area (Å²) < 4.78 is 24.6. The molecule has 1 aliphatic heterocycles. The second kappa shape index (κ2) is 5.52. The Balaban J connectivity index is 2.05. The Labute approximate surface area is 133 Å². The molecule has 2 aromatic rings. The van der Waals surface area contributed by atoms with E-state index in [9.17, 15) is 13.2 Å². The maximum Gasteiger partial charge on any atom is 0.323 e. The number of rotatable bonds is 3. The molecule has 9 heteroatoms. The lowest BCUT2D eigenvalue weighted by Crippen LogP contribution is -2.36. The summed E-state index contributed by atoms with van der Waals surface area (Å²) in [6, 6.07) is 8.46. The van der Waals surface area contributed by atoms with Crippen molar-refractivity contribution in [3.05, 3.63) is 42.1 Å². The van der Waals surface area contributed by atoms with Crippen molar-refractivity contribution in [1.82, 2.24) is 9.88 Å². The van der Waals surface area contributed by atoms with Gasteiger partial charge in [-0.2, -0.15) is 8.42 Å². The molecule has 0 spiro atoms. The van der Waals surface area contributed by atoms with E-state index in [2.05, 4.69) is 15.0 Å². The van der Waals surface area contributed by atoms with Crippen molar-refractivity contribution in [3.63, 3.8) is 0 Å². The number of benzene rings is 1. The Morgan fingerprint density at radius 1 is 1.35 bits per heavy atom. The Hall–Kier alpha value is -2.65. The molecule has 0 aliphatic carbocycles. The molecule has 8 nitrogen and oxygen atoms in total. The average Bonchev–Trinajstić information content (AvgIpc) is 2.46. The Kier molecular flexibility index (Phi) is 3.66. The number of nitrogens with two attached hydrogens (primary N) is 1. The lowest BCUT2D eigenvalue weighted by molar-refractivity contribution is 0.218. The number of fused-ring (bicyclic) bond motifs is 1. The zero-order valence-corrected chi connectivity index (χ0v) is 13.1. The summed E-state index contributed by atoms with van der Waals surface area (Å²) in [5, 5.41) is 7.71. The third kappa shape index (κ3) is 3.25. The van der Waals surface area contributed by atoms with Crippen molar-refractivity contribution in [3.8, 4) is 11.1 Å². The number of carbonyl (C=O) groups excluding carboxylic acids is 1. The molecule has 0 saturated carbocycles. The fourth-order valence-corrected chi connectivity index (χ4v) is 2.91. The van der Waals surface area contributed by atoms with Crippen LogP contribution >= 0.6 is 0 Å². The third-order valence-electron chi connectivity index (χ3n) is 3.46. The van der Waals surface area contributed by atoms with Crippen molar-refractivity contribution >= 4 is 27.7 Å². The van der Waals surface area contributed by atoms with E-state index >= 15 is 0 Å². The van der Waals surface area contributed by atoms with Gasteiger partial charge in [0.25, 0.3) is 10.2 Å². The van der Waals surface area contributed by atoms with Gasteiger partial charge >= 0.3 is 6.03 Å². The quantitative estimate of drug-likeness (QED) is 0.785. The van der Waals surface area contributed by atoms with Crippen molar-refractivity contribution < 1.29 is 13.2 Å². The van der Waals surface area contributed by atoms with Crippen LogP contribution in [0.25, 0.3) is 11.1 Å². The van der Waals surface area contributed by atoms with E-state index in [1.54, 1.807) is 36.3 Å². The van der Waals surface area contributed by atoms with Crippen LogP contribution < -0.4 is 15.2 Å². The van der Waals surface area contributed by atoms with Crippen LogP contribution in [0.4, 0.5) is 16.3 Å². The monoisotopic (exact) mass is 333 g/mol. The zero-order valence-electron chi connectivity index (χ0n) is 12.3. The van der Waals surface area contributed by atoms with Gasteiger partial charge in [0, 0.05) is 18.8 Å². The molecule has 3 rings (SSSR count). The molecular weight excluding hydrogens is 318 g/mol. The number of nitrogens with one attached hydrogen (secondary N) is 2. The van der Waals surface area contributed by atoms with Crippen molar-refractivity contribution in [1.29, 1.82) is 0 Å². The SMILES string of the molecule is CN1Cc2c(-c3cccc(NS(N)(=O)=O)c3)ccnc2NC1=O. The first kappa shape index (κ1) is 15.3. The fourth-order valence-electron chi connectivity index (χ4n) is 2.45. The standard InChI is InChI=1S/C14H15N5O3S/c1-19-8-12-11(5-6-16-13(12)17-14(19)20)9-3-2-4-10(7-9)18-23(15,21)22/h2-7,18H,8H2,1H3,(H2,15,21,22)(H,16,17,20). The molecule has 2 amide bonds. The van der Waals surface area contributed by atoms with Gasteiger partial charge in [-0.05, 0) is 29.3 Å². The Morgan fingerprint density at radius 3 is 2.87 bits per heavy atom. The first-order valence-corrected chi connectivity index (χ1v) is 8.29. The highest BCUT2D eigenvalue weighted by molar-refractivity contribution is 7.90. The van der Waals surface area contributed by atoms with Crippen LogP contribution in [-0.2, 0) is 16.8 Å². The normalized spacial score (nSPS) is 14.2. The van der Waals surface area contributed by atoms with Crippen molar-refractivity contribution in [2.45, 2.75) is 6.54 Å². The van der Waals surface area contributed by atoms with Crippen molar-refractivity contribution in [2.24, 2.45) is 5.14 Å². The van der Waals surface area contributed by atoms with E-state index < -0.39 is 10.2 Å². The van der Waals surface area contributed by atoms with Crippen LogP contribution in [0.2, 0.25) is 0 Å². The molecule has 23 heavy (non-hydrogen) atoms. The Morgan fingerprint density at radius 2 is 2.13 bits per heavy atom. The smallest absolute Gasteiger partial charge is 0.323 e. The minimum absolute atomic E-state index is 0.216. The molecule has 0 bridgehead atoms. The van der Waals surface area contributed by atoms with E-state index in [-0.39, 0.29) is 6.03 Å². The van der Waals surface area contributed by atoms with Gasteiger partial charge in [-0.25, -0.2) is 14.9 Å². The third-order valence-corrected chi connectivity index (χ3v) is 3.98. The number of nitrogens with zero attached hydrogens (tertiary/aromatic N) is 2. The van der Waals surface area contributed by atoms with Gasteiger partial charge in [0.15, 0.2) is 0 Å². The predicted molar refractivity (Wildman–Crippen MR) is 86.9 cm³/mol. The maximum absolute atomic E-state index is 11.7. The molecule has 0 saturated heterocycles. The van der Waals surface area contributed by atoms with Gasteiger partial charge in [-0.3, -0.25) is 10.0 Å². The van der Waals surface area contributed by atoms with Gasteiger partial charge in [0.1, 0.15) is 5.82 Å². The first-order chi connectivity index (χ1) is 10.8. The van der Waals surface area contributed by atoms with Crippen LogP contribution in [0.15, 0.2) is 36.5 Å². The molecule has 2 heterocycles. The predicted octanol–water partition coefficient (Wildman–Crippen LogP) is 1.34. The second-order valence-corrected chi connectivity index (χ2v) is 6.49. The van der Waals surface area contributed by atoms with Crippen LogP contribution in [-0.4, -0.2) is 31.4 Å². The summed E-state index contributed by atoms with van der Waals surface area (Å²) in [5.41, 5.74) is 2.88. The van der Waals surface area contributed by atoms with Crippen molar-refractivity contribution in [2.75, 3.05) is 17.1 Å². The molecule has 120 valence electrons. The first-order valence-electron chi connectivity index (χ1n) is 6.74. The summed E-state index contributed by atoms with van der Waals surface area (Å²) in [6.07, 6.45) is 1.60.